The minimum atomic E-state index is 0.0531. The molecule has 4 heteroatoms. The van der Waals surface area contributed by atoms with Gasteiger partial charge in [0.05, 0.1) is 6.04 Å². The van der Waals surface area contributed by atoms with Crippen molar-refractivity contribution >= 4 is 5.91 Å². The van der Waals surface area contributed by atoms with E-state index in [9.17, 15) is 4.79 Å². The highest BCUT2D eigenvalue weighted by molar-refractivity contribution is 5.82. The molecule has 0 aromatic carbocycles. The van der Waals surface area contributed by atoms with Crippen molar-refractivity contribution in [1.29, 1.82) is 0 Å². The van der Waals surface area contributed by atoms with Crippen molar-refractivity contribution in [3.05, 3.63) is 0 Å². The zero-order valence-electron chi connectivity index (χ0n) is 11.8. The van der Waals surface area contributed by atoms with E-state index >= 15 is 0 Å². The Balaban J connectivity index is 1.78. The highest BCUT2D eigenvalue weighted by atomic mass is 16.2. The van der Waals surface area contributed by atoms with Gasteiger partial charge >= 0.3 is 0 Å². The molecule has 1 unspecified atom stereocenters. The van der Waals surface area contributed by atoms with Crippen LogP contribution in [0.3, 0.4) is 0 Å². The summed E-state index contributed by atoms with van der Waals surface area (Å²) in [7, 11) is 0. The van der Waals surface area contributed by atoms with Gasteiger partial charge in [-0.3, -0.25) is 4.79 Å². The quantitative estimate of drug-likeness (QED) is 0.796. The molecule has 0 radical (unpaired) electrons. The van der Waals surface area contributed by atoms with Gasteiger partial charge in [-0.05, 0) is 38.8 Å². The average Bonchev–Trinajstić information content (AvgIpc) is 2.83. The van der Waals surface area contributed by atoms with Gasteiger partial charge in [0, 0.05) is 25.7 Å². The van der Waals surface area contributed by atoms with Crippen LogP contribution < -0.4 is 5.32 Å². The lowest BCUT2D eigenvalue weighted by atomic mass is 10.0. The molecular weight excluding hydrogens is 226 g/mol. The highest BCUT2D eigenvalue weighted by Gasteiger charge is 2.28. The molecule has 0 bridgehead atoms. The standard InChI is InChI=1S/C14H27N3O/c1-12(2)15-13-6-5-9-17(14(13)18)11-10-16-7-3-4-8-16/h12-13,15H,3-11H2,1-2H3. The first-order valence-electron chi connectivity index (χ1n) is 7.44. The summed E-state index contributed by atoms with van der Waals surface area (Å²) in [6, 6.07) is 0.440. The lowest BCUT2D eigenvalue weighted by molar-refractivity contribution is -0.136. The smallest absolute Gasteiger partial charge is 0.239 e. The molecule has 0 aromatic heterocycles. The van der Waals surface area contributed by atoms with E-state index in [1.165, 1.54) is 25.9 Å². The summed E-state index contributed by atoms with van der Waals surface area (Å²) in [5.41, 5.74) is 0. The summed E-state index contributed by atoms with van der Waals surface area (Å²) in [5, 5.41) is 3.38. The maximum atomic E-state index is 12.3. The summed E-state index contributed by atoms with van der Waals surface area (Å²) >= 11 is 0. The van der Waals surface area contributed by atoms with Crippen LogP contribution in [0.2, 0.25) is 0 Å². The van der Waals surface area contributed by atoms with Crippen molar-refractivity contribution in [1.82, 2.24) is 15.1 Å². The van der Waals surface area contributed by atoms with E-state index in [0.717, 1.165) is 32.5 Å². The molecule has 4 nitrogen and oxygen atoms in total. The number of piperidine rings is 1. The van der Waals surface area contributed by atoms with E-state index < -0.39 is 0 Å². The lowest BCUT2D eigenvalue weighted by Crippen LogP contribution is -2.53. The van der Waals surface area contributed by atoms with Crippen LogP contribution in [0.4, 0.5) is 0 Å². The van der Waals surface area contributed by atoms with E-state index in [0.29, 0.717) is 11.9 Å². The van der Waals surface area contributed by atoms with Gasteiger partial charge in [0.25, 0.3) is 0 Å². The Labute approximate surface area is 111 Å². The van der Waals surface area contributed by atoms with Crippen LogP contribution in [0, 0.1) is 0 Å². The summed E-state index contributed by atoms with van der Waals surface area (Å²) < 4.78 is 0. The van der Waals surface area contributed by atoms with Gasteiger partial charge in [0.15, 0.2) is 0 Å². The van der Waals surface area contributed by atoms with Crippen LogP contribution >= 0.6 is 0 Å². The van der Waals surface area contributed by atoms with Gasteiger partial charge in [0.1, 0.15) is 0 Å². The second-order valence-corrected chi connectivity index (χ2v) is 5.89. The third-order valence-electron chi connectivity index (χ3n) is 3.95. The number of carbonyl (C=O) groups excluding carboxylic acids is 1. The van der Waals surface area contributed by atoms with Gasteiger partial charge in [-0.1, -0.05) is 13.8 Å². The van der Waals surface area contributed by atoms with Gasteiger partial charge in [-0.15, -0.1) is 0 Å². The fraction of sp³-hybridized carbons (Fsp3) is 0.929. The summed E-state index contributed by atoms with van der Waals surface area (Å²) in [5.74, 6) is 0.314. The predicted octanol–water partition coefficient (Wildman–Crippen LogP) is 1.07. The van der Waals surface area contributed by atoms with E-state index in [2.05, 4.69) is 29.0 Å². The zero-order chi connectivity index (χ0) is 13.0. The molecule has 1 N–H and O–H groups in total. The highest BCUT2D eigenvalue weighted by Crippen LogP contribution is 2.13. The Bertz CT molecular complexity index is 274. The predicted molar refractivity (Wildman–Crippen MR) is 73.5 cm³/mol. The Hall–Kier alpha value is -0.610. The van der Waals surface area contributed by atoms with Crippen LogP contribution in [0.1, 0.15) is 39.5 Å². The SMILES string of the molecule is CC(C)NC1CCCN(CCN2CCCC2)C1=O. The van der Waals surface area contributed by atoms with Crippen molar-refractivity contribution in [2.45, 2.75) is 51.6 Å². The third-order valence-corrected chi connectivity index (χ3v) is 3.95. The number of nitrogens with one attached hydrogen (secondary N) is 1. The molecule has 1 amide bonds. The molecule has 2 saturated heterocycles. The normalized spacial score (nSPS) is 26.3. The van der Waals surface area contributed by atoms with Crippen LogP contribution in [0.25, 0.3) is 0 Å². The molecule has 2 aliphatic rings. The first-order chi connectivity index (χ1) is 8.66. The van der Waals surface area contributed by atoms with Gasteiger partial charge < -0.3 is 15.1 Å². The van der Waals surface area contributed by atoms with Crippen LogP contribution in [0.5, 0.6) is 0 Å². The molecule has 0 spiro atoms. The Morgan fingerprint density at radius 3 is 2.56 bits per heavy atom. The first kappa shape index (κ1) is 13.8. The van der Waals surface area contributed by atoms with Crippen LogP contribution in [0.15, 0.2) is 0 Å². The van der Waals surface area contributed by atoms with E-state index in [4.69, 9.17) is 0 Å². The third kappa shape index (κ3) is 3.69. The summed E-state index contributed by atoms with van der Waals surface area (Å²) in [6.07, 6.45) is 4.78. The fourth-order valence-corrected chi connectivity index (χ4v) is 2.99. The van der Waals surface area contributed by atoms with Crippen molar-refractivity contribution in [3.63, 3.8) is 0 Å². The van der Waals surface area contributed by atoms with Crippen molar-refractivity contribution in [2.75, 3.05) is 32.7 Å². The molecule has 0 saturated carbocycles. The molecule has 2 fully saturated rings. The maximum absolute atomic E-state index is 12.3. The Morgan fingerprint density at radius 1 is 1.17 bits per heavy atom. The first-order valence-corrected chi connectivity index (χ1v) is 7.44. The lowest BCUT2D eigenvalue weighted by Gasteiger charge is -2.34. The molecule has 104 valence electrons. The zero-order valence-corrected chi connectivity index (χ0v) is 11.8. The molecule has 18 heavy (non-hydrogen) atoms. The molecule has 0 aromatic rings. The fourth-order valence-electron chi connectivity index (χ4n) is 2.99. The molecule has 2 rings (SSSR count). The van der Waals surface area contributed by atoms with Crippen molar-refractivity contribution in [3.8, 4) is 0 Å². The number of hydrogen-bond donors (Lipinski definition) is 1. The topological polar surface area (TPSA) is 35.6 Å². The number of likely N-dealkylation sites (tertiary alicyclic amines) is 2. The number of nitrogens with zero attached hydrogens (tertiary/aromatic N) is 2. The molecular formula is C14H27N3O. The maximum Gasteiger partial charge on any atom is 0.239 e. The van der Waals surface area contributed by atoms with Crippen molar-refractivity contribution in [2.24, 2.45) is 0 Å². The minimum absolute atomic E-state index is 0.0531. The molecule has 2 aliphatic heterocycles. The number of rotatable bonds is 5. The second-order valence-electron chi connectivity index (χ2n) is 5.89. The number of hydrogen-bond acceptors (Lipinski definition) is 3. The van der Waals surface area contributed by atoms with Gasteiger partial charge in [0.2, 0.25) is 5.91 Å². The number of amides is 1. The van der Waals surface area contributed by atoms with E-state index in [-0.39, 0.29) is 6.04 Å². The molecule has 0 aliphatic carbocycles. The summed E-state index contributed by atoms with van der Waals surface area (Å²) in [6.45, 7) is 9.57. The van der Waals surface area contributed by atoms with Crippen LogP contribution in [-0.4, -0.2) is 60.5 Å². The van der Waals surface area contributed by atoms with Gasteiger partial charge in [-0.25, -0.2) is 0 Å². The van der Waals surface area contributed by atoms with E-state index in [1.807, 2.05) is 0 Å². The minimum Gasteiger partial charge on any atom is -0.340 e. The van der Waals surface area contributed by atoms with Gasteiger partial charge in [-0.2, -0.15) is 0 Å². The largest absolute Gasteiger partial charge is 0.340 e. The van der Waals surface area contributed by atoms with E-state index in [1.54, 1.807) is 0 Å². The average molecular weight is 253 g/mol. The Morgan fingerprint density at radius 2 is 1.89 bits per heavy atom. The number of carbonyl (C=O) groups is 1. The Kier molecular flexibility index (Phi) is 5.01. The van der Waals surface area contributed by atoms with Crippen molar-refractivity contribution < 1.29 is 4.79 Å². The second kappa shape index (κ2) is 6.53. The molecule has 1 atom stereocenters. The monoisotopic (exact) mass is 253 g/mol. The summed E-state index contributed by atoms with van der Waals surface area (Å²) in [4.78, 5) is 16.8. The molecule has 2 heterocycles. The van der Waals surface area contributed by atoms with Crippen LogP contribution in [-0.2, 0) is 4.79 Å².